The number of rotatable bonds is 6. The van der Waals surface area contributed by atoms with Crippen molar-refractivity contribution in [1.82, 2.24) is 10.2 Å². The molecule has 166 valence electrons. The summed E-state index contributed by atoms with van der Waals surface area (Å²) in [5, 5.41) is 12.8. The third-order valence-electron chi connectivity index (χ3n) is 5.64. The maximum Gasteiger partial charge on any atom is 0.320 e. The van der Waals surface area contributed by atoms with Gasteiger partial charge in [0.1, 0.15) is 5.82 Å². The van der Waals surface area contributed by atoms with Crippen LogP contribution in [0.3, 0.4) is 0 Å². The second kappa shape index (κ2) is 9.59. The molecule has 0 radical (unpaired) electrons. The first-order valence-electron chi connectivity index (χ1n) is 10.4. The van der Waals surface area contributed by atoms with Crippen molar-refractivity contribution in [3.05, 3.63) is 65.8 Å². The van der Waals surface area contributed by atoms with Gasteiger partial charge in [0.15, 0.2) is 0 Å². The first-order chi connectivity index (χ1) is 15.5. The molecule has 2 N–H and O–H groups in total. The fraction of sp³-hybridized carbons (Fsp3) is 0.304. The number of esters is 1. The average Bonchev–Trinajstić information content (AvgIpc) is 3.29. The summed E-state index contributed by atoms with van der Waals surface area (Å²) in [6, 6.07) is 13.5. The molecule has 0 spiro atoms. The number of ether oxygens (including phenoxy) is 1. The number of methoxy groups -OCH3 is 1. The van der Waals surface area contributed by atoms with Crippen LogP contribution in [0.1, 0.15) is 47.8 Å². The number of halogens is 1. The molecular formula is C23H23FN4O4. The number of benzene rings is 2. The van der Waals surface area contributed by atoms with Gasteiger partial charge in [-0.05, 0) is 61.4 Å². The number of nitrogens with one attached hydrogen (secondary N) is 2. The largest absolute Gasteiger partial charge is 0.469 e. The van der Waals surface area contributed by atoms with Gasteiger partial charge in [-0.3, -0.25) is 9.59 Å². The van der Waals surface area contributed by atoms with Crippen LogP contribution in [-0.4, -0.2) is 29.2 Å². The summed E-state index contributed by atoms with van der Waals surface area (Å²) in [7, 11) is 1.43. The molecule has 1 amide bonds. The number of aromatic nitrogens is 2. The maximum absolute atomic E-state index is 13.7. The summed E-state index contributed by atoms with van der Waals surface area (Å²) in [4.78, 5) is 24.1. The third kappa shape index (κ3) is 4.93. The van der Waals surface area contributed by atoms with Crippen LogP contribution in [0.2, 0.25) is 0 Å². The topological polar surface area (TPSA) is 106 Å². The highest BCUT2D eigenvalue weighted by Gasteiger charge is 2.27. The number of para-hydroxylation sites is 1. The number of anilines is 3. The van der Waals surface area contributed by atoms with Gasteiger partial charge < -0.3 is 19.8 Å². The van der Waals surface area contributed by atoms with Gasteiger partial charge in [0.05, 0.1) is 18.7 Å². The highest BCUT2D eigenvalue weighted by Crippen LogP contribution is 2.36. The number of amides is 1. The van der Waals surface area contributed by atoms with Crippen LogP contribution in [-0.2, 0) is 9.53 Å². The van der Waals surface area contributed by atoms with Crippen molar-refractivity contribution >= 4 is 29.3 Å². The summed E-state index contributed by atoms with van der Waals surface area (Å²) >= 11 is 0. The molecule has 9 heteroatoms. The van der Waals surface area contributed by atoms with Gasteiger partial charge in [0, 0.05) is 5.69 Å². The zero-order valence-corrected chi connectivity index (χ0v) is 17.5. The molecule has 2 aromatic carbocycles. The lowest BCUT2D eigenvalue weighted by Gasteiger charge is -2.27. The second-order valence-electron chi connectivity index (χ2n) is 7.67. The molecule has 0 aliphatic heterocycles. The lowest BCUT2D eigenvalue weighted by Crippen LogP contribution is -2.22. The van der Waals surface area contributed by atoms with Gasteiger partial charge in [-0.15, -0.1) is 5.10 Å². The fourth-order valence-corrected chi connectivity index (χ4v) is 3.90. The summed E-state index contributed by atoms with van der Waals surface area (Å²) in [5.74, 6) is -1.05. The van der Waals surface area contributed by atoms with E-state index in [1.54, 1.807) is 12.1 Å². The average molecular weight is 438 g/mol. The Bertz CT molecular complexity index is 1090. The maximum atomic E-state index is 13.7. The minimum atomic E-state index is -0.564. The van der Waals surface area contributed by atoms with E-state index in [0.717, 1.165) is 25.7 Å². The molecule has 4 rings (SSSR count). The molecule has 1 aromatic heterocycles. The van der Waals surface area contributed by atoms with Crippen molar-refractivity contribution in [3.63, 3.8) is 0 Å². The first kappa shape index (κ1) is 21.5. The van der Waals surface area contributed by atoms with Gasteiger partial charge in [0.2, 0.25) is 0 Å². The van der Waals surface area contributed by atoms with Crippen molar-refractivity contribution in [2.24, 2.45) is 5.92 Å². The van der Waals surface area contributed by atoms with Crippen LogP contribution in [0.4, 0.5) is 21.8 Å². The lowest BCUT2D eigenvalue weighted by molar-refractivity contribution is -0.146. The van der Waals surface area contributed by atoms with Gasteiger partial charge in [0.25, 0.3) is 0 Å². The predicted molar refractivity (Wildman–Crippen MR) is 115 cm³/mol. The molecule has 1 aliphatic rings. The highest BCUT2D eigenvalue weighted by atomic mass is 19.1. The quantitative estimate of drug-likeness (QED) is 0.540. The van der Waals surface area contributed by atoms with Crippen molar-refractivity contribution in [2.45, 2.75) is 31.6 Å². The van der Waals surface area contributed by atoms with Gasteiger partial charge in [-0.2, -0.15) is 0 Å². The van der Waals surface area contributed by atoms with Gasteiger partial charge in [-0.25, -0.2) is 4.39 Å². The van der Waals surface area contributed by atoms with Crippen molar-refractivity contribution in [2.75, 3.05) is 17.7 Å². The third-order valence-corrected chi connectivity index (χ3v) is 5.64. The molecule has 32 heavy (non-hydrogen) atoms. The highest BCUT2D eigenvalue weighted by molar-refractivity contribution is 6.00. The van der Waals surface area contributed by atoms with E-state index in [1.165, 1.54) is 24.8 Å². The minimum absolute atomic E-state index is 0.0121. The number of carbonyl (C=O) groups excluding carboxylic acids is 2. The summed E-state index contributed by atoms with van der Waals surface area (Å²) in [6.07, 6.45) is 3.48. The summed E-state index contributed by atoms with van der Waals surface area (Å²) in [5.41, 5.74) is 1.92. The Morgan fingerprint density at radius 1 is 1.03 bits per heavy atom. The van der Waals surface area contributed by atoms with Crippen LogP contribution in [0.5, 0.6) is 0 Å². The Kier molecular flexibility index (Phi) is 6.44. The van der Waals surface area contributed by atoms with E-state index in [9.17, 15) is 14.0 Å². The van der Waals surface area contributed by atoms with Crippen LogP contribution < -0.4 is 10.6 Å². The molecule has 0 atom stereocenters. The molecule has 0 bridgehead atoms. The van der Waals surface area contributed by atoms with Crippen LogP contribution >= 0.6 is 0 Å². The van der Waals surface area contributed by atoms with E-state index < -0.39 is 11.7 Å². The van der Waals surface area contributed by atoms with Crippen molar-refractivity contribution in [3.8, 4) is 0 Å². The zero-order chi connectivity index (χ0) is 22.5. The van der Waals surface area contributed by atoms with E-state index in [-0.39, 0.29) is 29.5 Å². The number of hydrogen-bond acceptors (Lipinski definition) is 7. The Labute approximate surface area is 184 Å². The molecule has 1 aliphatic carbocycles. The number of hydrogen-bond donors (Lipinski definition) is 2. The molecule has 8 nitrogen and oxygen atoms in total. The molecule has 0 saturated heterocycles. The molecule has 0 unspecified atom stereocenters. The lowest BCUT2D eigenvalue weighted by atomic mass is 9.79. The monoisotopic (exact) mass is 438 g/mol. The Morgan fingerprint density at radius 2 is 1.75 bits per heavy atom. The molecule has 1 heterocycles. The normalized spacial score (nSPS) is 18.1. The predicted octanol–water partition coefficient (Wildman–Crippen LogP) is 4.65. The minimum Gasteiger partial charge on any atom is -0.469 e. The number of nitrogens with zero attached hydrogens (tertiary/aromatic N) is 2. The van der Waals surface area contributed by atoms with E-state index in [1.807, 2.05) is 24.3 Å². The van der Waals surface area contributed by atoms with Crippen molar-refractivity contribution < 1.29 is 23.1 Å². The van der Waals surface area contributed by atoms with E-state index in [2.05, 4.69) is 20.8 Å². The van der Waals surface area contributed by atoms with E-state index in [4.69, 9.17) is 9.15 Å². The SMILES string of the molecule is COC(=O)C1CCC(c2ccc(NC(=O)c3nnc(Nc4ccccc4F)o3)cc2)CC1. The van der Waals surface area contributed by atoms with E-state index >= 15 is 0 Å². The zero-order valence-electron chi connectivity index (χ0n) is 17.5. The summed E-state index contributed by atoms with van der Waals surface area (Å²) in [6.45, 7) is 0. The molecular weight excluding hydrogens is 415 g/mol. The fourth-order valence-electron chi connectivity index (χ4n) is 3.90. The molecule has 3 aromatic rings. The Balaban J connectivity index is 1.33. The van der Waals surface area contributed by atoms with Crippen LogP contribution in [0.25, 0.3) is 0 Å². The van der Waals surface area contributed by atoms with Crippen LogP contribution in [0, 0.1) is 11.7 Å². The smallest absolute Gasteiger partial charge is 0.320 e. The molecule has 1 fully saturated rings. The van der Waals surface area contributed by atoms with E-state index in [0.29, 0.717) is 11.6 Å². The van der Waals surface area contributed by atoms with Gasteiger partial charge >= 0.3 is 23.8 Å². The Hall–Kier alpha value is -3.75. The van der Waals surface area contributed by atoms with Crippen molar-refractivity contribution in [1.29, 1.82) is 0 Å². The summed E-state index contributed by atoms with van der Waals surface area (Å²) < 4.78 is 23.8. The van der Waals surface area contributed by atoms with Crippen LogP contribution in [0.15, 0.2) is 52.9 Å². The second-order valence-corrected chi connectivity index (χ2v) is 7.67. The molecule has 1 saturated carbocycles. The van der Waals surface area contributed by atoms with Gasteiger partial charge in [-0.1, -0.05) is 29.4 Å². The Morgan fingerprint density at radius 3 is 2.44 bits per heavy atom. The first-order valence-corrected chi connectivity index (χ1v) is 10.4. The standard InChI is InChI=1S/C23H23FN4O4/c1-31-22(30)16-8-6-14(7-9-16)15-10-12-17(13-11-15)25-20(29)21-27-28-23(32-21)26-19-5-3-2-4-18(19)24/h2-5,10-14,16H,6-9H2,1H3,(H,25,29)(H,26,28). The number of carbonyl (C=O) groups is 2.